The van der Waals surface area contributed by atoms with Gasteiger partial charge in [-0.2, -0.15) is 0 Å². The number of allylic oxidation sites excluding steroid dienone is 4. The van der Waals surface area contributed by atoms with E-state index in [4.69, 9.17) is 4.74 Å². The third-order valence-electron chi connectivity index (χ3n) is 3.29. The molecule has 1 rings (SSSR count). The number of hydrogen-bond acceptors (Lipinski definition) is 2. The summed E-state index contributed by atoms with van der Waals surface area (Å²) in [6, 6.07) is 10.3. The molecule has 0 atom stereocenters. The Morgan fingerprint density at radius 1 is 1.12 bits per heavy atom. The van der Waals surface area contributed by atoms with Crippen molar-refractivity contribution in [2.75, 3.05) is 6.54 Å². The van der Waals surface area contributed by atoms with Crippen molar-refractivity contribution >= 4 is 11.7 Å². The first-order chi connectivity index (χ1) is 11.2. The first-order valence-electron chi connectivity index (χ1n) is 8.26. The normalized spacial score (nSPS) is 12.2. The number of amides is 1. The van der Waals surface area contributed by atoms with E-state index in [0.717, 1.165) is 5.57 Å². The van der Waals surface area contributed by atoms with Gasteiger partial charge in [0.2, 0.25) is 0 Å². The van der Waals surface area contributed by atoms with Gasteiger partial charge >= 0.3 is 6.09 Å². The van der Waals surface area contributed by atoms with Gasteiger partial charge in [-0.15, -0.1) is 0 Å². The Labute approximate surface area is 146 Å². The van der Waals surface area contributed by atoms with E-state index in [9.17, 15) is 4.79 Å². The van der Waals surface area contributed by atoms with Crippen LogP contribution in [0.3, 0.4) is 0 Å². The van der Waals surface area contributed by atoms with Crippen LogP contribution in [0, 0.1) is 0 Å². The largest absolute Gasteiger partial charge is 0.444 e. The quantitative estimate of drug-likeness (QED) is 0.724. The third-order valence-corrected chi connectivity index (χ3v) is 3.29. The van der Waals surface area contributed by atoms with Gasteiger partial charge in [-0.1, -0.05) is 54.1 Å². The predicted octanol–water partition coefficient (Wildman–Crippen LogP) is 5.51. The van der Waals surface area contributed by atoms with Crippen LogP contribution in [0.15, 0.2) is 59.7 Å². The van der Waals surface area contributed by atoms with E-state index in [-0.39, 0.29) is 0 Å². The van der Waals surface area contributed by atoms with E-state index in [1.165, 1.54) is 16.7 Å². The topological polar surface area (TPSA) is 38.3 Å². The fourth-order valence-corrected chi connectivity index (χ4v) is 2.11. The lowest BCUT2D eigenvalue weighted by Gasteiger charge is -2.19. The molecule has 1 amide bonds. The molecule has 0 saturated heterocycles. The number of rotatable bonds is 5. The second kappa shape index (κ2) is 9.11. The van der Waals surface area contributed by atoms with Gasteiger partial charge in [0, 0.05) is 6.54 Å². The molecule has 1 aromatic rings. The van der Waals surface area contributed by atoms with Crippen LogP contribution in [0.25, 0.3) is 5.57 Å². The summed E-state index contributed by atoms with van der Waals surface area (Å²) in [7, 11) is 0. The molecule has 0 spiro atoms. The molecule has 0 aliphatic heterocycles. The zero-order valence-corrected chi connectivity index (χ0v) is 15.6. The minimum absolute atomic E-state index is 0.402. The lowest BCUT2D eigenvalue weighted by atomic mass is 10.00. The van der Waals surface area contributed by atoms with Crippen molar-refractivity contribution in [3.63, 3.8) is 0 Å². The lowest BCUT2D eigenvalue weighted by Crippen LogP contribution is -2.33. The first kappa shape index (κ1) is 19.8. The molecule has 3 heteroatoms. The molecule has 0 radical (unpaired) electrons. The average molecular weight is 327 g/mol. The van der Waals surface area contributed by atoms with Crippen LogP contribution in [0.5, 0.6) is 0 Å². The third kappa shape index (κ3) is 7.32. The van der Waals surface area contributed by atoms with E-state index in [1.54, 1.807) is 0 Å². The van der Waals surface area contributed by atoms with Crippen molar-refractivity contribution in [1.29, 1.82) is 0 Å². The van der Waals surface area contributed by atoms with Crippen LogP contribution in [0.1, 0.15) is 47.1 Å². The minimum Gasteiger partial charge on any atom is -0.444 e. The van der Waals surface area contributed by atoms with Crippen LogP contribution in [0.2, 0.25) is 0 Å². The molecule has 0 heterocycles. The van der Waals surface area contributed by atoms with Crippen LogP contribution in [-0.4, -0.2) is 18.2 Å². The number of alkyl carbamates (subject to hydrolysis) is 1. The summed E-state index contributed by atoms with van der Waals surface area (Å²) in [4.78, 5) is 11.8. The van der Waals surface area contributed by atoms with Gasteiger partial charge in [0.25, 0.3) is 0 Å². The summed E-state index contributed by atoms with van der Waals surface area (Å²) in [6.07, 6.45) is 5.71. The molecule has 0 aliphatic rings. The van der Waals surface area contributed by atoms with Crippen molar-refractivity contribution < 1.29 is 9.53 Å². The molecule has 0 unspecified atom stereocenters. The Bertz CT molecular complexity index is 628. The van der Waals surface area contributed by atoms with Gasteiger partial charge in [0.05, 0.1) is 0 Å². The van der Waals surface area contributed by atoms with Crippen molar-refractivity contribution in [1.82, 2.24) is 5.32 Å². The smallest absolute Gasteiger partial charge is 0.407 e. The maximum absolute atomic E-state index is 11.8. The molecular formula is C21H29NO2. The van der Waals surface area contributed by atoms with E-state index >= 15 is 0 Å². The van der Waals surface area contributed by atoms with Crippen LogP contribution >= 0.6 is 0 Å². The molecule has 0 aromatic heterocycles. The summed E-state index contributed by atoms with van der Waals surface area (Å²) in [6.45, 7) is 12.1. The number of benzene rings is 1. The monoisotopic (exact) mass is 327 g/mol. The highest BCUT2D eigenvalue weighted by Gasteiger charge is 2.15. The summed E-state index contributed by atoms with van der Waals surface area (Å²) >= 11 is 0. The summed E-state index contributed by atoms with van der Waals surface area (Å²) in [5.74, 6) is 0. The van der Waals surface area contributed by atoms with Crippen molar-refractivity contribution in [2.45, 2.75) is 47.1 Å². The van der Waals surface area contributed by atoms with Gasteiger partial charge in [-0.05, 0) is 58.3 Å². The molecular weight excluding hydrogens is 298 g/mol. The summed E-state index contributed by atoms with van der Waals surface area (Å²) in [5.41, 5.74) is 4.15. The molecule has 0 saturated carbocycles. The summed E-state index contributed by atoms with van der Waals surface area (Å²) < 4.78 is 5.26. The van der Waals surface area contributed by atoms with Crippen molar-refractivity contribution in [3.8, 4) is 0 Å². The van der Waals surface area contributed by atoms with Gasteiger partial charge in [0.15, 0.2) is 0 Å². The Kier molecular flexibility index (Phi) is 7.50. The van der Waals surface area contributed by atoms with Crippen LogP contribution in [-0.2, 0) is 4.74 Å². The molecule has 1 N–H and O–H groups in total. The zero-order chi connectivity index (χ0) is 18.2. The van der Waals surface area contributed by atoms with E-state index < -0.39 is 11.7 Å². The van der Waals surface area contributed by atoms with Crippen LogP contribution in [0.4, 0.5) is 4.79 Å². The Hall–Kier alpha value is -2.29. The van der Waals surface area contributed by atoms with E-state index in [0.29, 0.717) is 6.54 Å². The van der Waals surface area contributed by atoms with Gasteiger partial charge in [-0.25, -0.2) is 4.79 Å². The highest BCUT2D eigenvalue weighted by molar-refractivity contribution is 5.76. The van der Waals surface area contributed by atoms with Gasteiger partial charge in [-0.3, -0.25) is 0 Å². The first-order valence-corrected chi connectivity index (χ1v) is 8.26. The fraction of sp³-hybridized carbons (Fsp3) is 0.381. The van der Waals surface area contributed by atoms with Crippen molar-refractivity contribution in [3.05, 3.63) is 65.3 Å². The van der Waals surface area contributed by atoms with E-state index in [1.807, 2.05) is 58.0 Å². The maximum Gasteiger partial charge on any atom is 0.407 e. The maximum atomic E-state index is 11.8. The molecule has 0 aliphatic carbocycles. The van der Waals surface area contributed by atoms with Gasteiger partial charge in [0.1, 0.15) is 5.60 Å². The molecule has 3 nitrogen and oxygen atoms in total. The zero-order valence-electron chi connectivity index (χ0n) is 15.6. The molecule has 0 bridgehead atoms. The fourth-order valence-electron chi connectivity index (χ4n) is 2.11. The summed E-state index contributed by atoms with van der Waals surface area (Å²) in [5, 5.41) is 2.79. The highest BCUT2D eigenvalue weighted by atomic mass is 16.6. The second-order valence-electron chi connectivity index (χ2n) is 6.83. The second-order valence-corrected chi connectivity index (χ2v) is 6.83. The predicted molar refractivity (Wildman–Crippen MR) is 102 cm³/mol. The minimum atomic E-state index is -0.488. The standard InChI is InChI=1S/C21H29NO2/c1-7-17(15-22-20(23)24-21(4,5)6)13-14-19(16(2)3)18-11-9-8-10-12-18/h7-14H,15H2,1-6H3,(H,22,23)/b14-13-,17-7+. The Balaban J connectivity index is 2.75. The van der Waals surface area contributed by atoms with Crippen molar-refractivity contribution in [2.24, 2.45) is 0 Å². The molecule has 130 valence electrons. The molecule has 0 fully saturated rings. The lowest BCUT2D eigenvalue weighted by molar-refractivity contribution is 0.0533. The molecule has 24 heavy (non-hydrogen) atoms. The number of ether oxygens (including phenoxy) is 1. The molecule has 1 aromatic carbocycles. The number of carbonyl (C=O) groups excluding carboxylic acids is 1. The highest BCUT2D eigenvalue weighted by Crippen LogP contribution is 2.20. The van der Waals surface area contributed by atoms with Crippen LogP contribution < -0.4 is 5.32 Å². The van der Waals surface area contributed by atoms with Gasteiger partial charge < -0.3 is 10.1 Å². The van der Waals surface area contributed by atoms with E-state index in [2.05, 4.69) is 37.4 Å². The number of carbonyl (C=O) groups is 1. The average Bonchev–Trinajstić information content (AvgIpc) is 2.49. The Morgan fingerprint density at radius 3 is 2.25 bits per heavy atom. The SMILES string of the molecule is C/C=C(\C=C/C(=C(C)C)c1ccccc1)CNC(=O)OC(C)(C)C. The Morgan fingerprint density at radius 2 is 1.75 bits per heavy atom. The number of nitrogens with one attached hydrogen (secondary N) is 1. The number of hydrogen-bond donors (Lipinski definition) is 1.